The van der Waals surface area contributed by atoms with Crippen LogP contribution in [0.1, 0.15) is 37.8 Å². The van der Waals surface area contributed by atoms with Gasteiger partial charge in [0.1, 0.15) is 11.4 Å². The number of urea groups is 1. The van der Waals surface area contributed by atoms with Gasteiger partial charge in [-0.15, -0.1) is 0 Å². The number of carbonyl (C=O) groups excluding carboxylic acids is 1. The highest BCUT2D eigenvalue weighted by Crippen LogP contribution is 2.43. The molecule has 2 saturated heterocycles. The van der Waals surface area contributed by atoms with Crippen molar-refractivity contribution in [3.63, 3.8) is 0 Å². The van der Waals surface area contributed by atoms with E-state index in [1.165, 1.54) is 11.3 Å². The van der Waals surface area contributed by atoms with Crippen LogP contribution in [0.25, 0.3) is 11.1 Å². The molecule has 0 saturated carbocycles. The smallest absolute Gasteiger partial charge is 0.321 e. The molecule has 7 heteroatoms. The quantitative estimate of drug-likeness (QED) is 0.449. The second-order valence-electron chi connectivity index (χ2n) is 12.0. The average Bonchev–Trinajstić information content (AvgIpc) is 3.35. The number of hydrogen-bond acceptors (Lipinski definition) is 5. The lowest BCUT2D eigenvalue weighted by Crippen LogP contribution is -2.47. The van der Waals surface area contributed by atoms with Crippen LogP contribution in [0.5, 0.6) is 5.75 Å². The van der Waals surface area contributed by atoms with Crippen LogP contribution in [0.4, 0.5) is 16.2 Å². The fraction of sp³-hybridized carbons (Fsp3) is 0.424. The lowest BCUT2D eigenvalue weighted by Gasteiger charge is -2.40. The second-order valence-corrected chi connectivity index (χ2v) is 12.0. The van der Waals surface area contributed by atoms with Gasteiger partial charge in [0, 0.05) is 62.2 Å². The summed E-state index contributed by atoms with van der Waals surface area (Å²) in [5, 5.41) is 12.7. The highest BCUT2D eigenvalue weighted by molar-refractivity contribution is 5.89. The maximum Gasteiger partial charge on any atom is 0.321 e. The van der Waals surface area contributed by atoms with Crippen molar-refractivity contribution in [1.82, 2.24) is 4.90 Å². The van der Waals surface area contributed by atoms with E-state index in [0.29, 0.717) is 26.3 Å². The molecule has 1 spiro atoms. The summed E-state index contributed by atoms with van der Waals surface area (Å²) >= 11 is 0. The second kappa shape index (κ2) is 10.8. The number of hydrogen-bond donors (Lipinski definition) is 2. The number of piperidine rings is 1. The molecular formula is C33H39N3O4. The zero-order valence-electron chi connectivity index (χ0n) is 23.5. The number of amides is 2. The molecule has 7 nitrogen and oxygen atoms in total. The molecule has 210 valence electrons. The molecule has 3 heterocycles. The van der Waals surface area contributed by atoms with Gasteiger partial charge in [0.15, 0.2) is 0 Å². The molecule has 0 unspecified atom stereocenters. The summed E-state index contributed by atoms with van der Waals surface area (Å²) in [5.74, 6) is 1.00. The molecular weight excluding hydrogens is 502 g/mol. The first-order valence-electron chi connectivity index (χ1n) is 14.4. The van der Waals surface area contributed by atoms with Gasteiger partial charge in [-0.05, 0) is 58.7 Å². The number of rotatable bonds is 5. The zero-order chi connectivity index (χ0) is 27.7. The van der Waals surface area contributed by atoms with E-state index in [0.717, 1.165) is 60.5 Å². The van der Waals surface area contributed by atoms with E-state index < -0.39 is 0 Å². The Bertz CT molecular complexity index is 1340. The summed E-state index contributed by atoms with van der Waals surface area (Å²) in [6.07, 6.45) is 2.90. The van der Waals surface area contributed by atoms with Gasteiger partial charge < -0.3 is 29.7 Å². The first-order chi connectivity index (χ1) is 19.3. The fourth-order valence-electron chi connectivity index (χ4n) is 5.99. The minimum Gasteiger partial charge on any atom is -0.487 e. The van der Waals surface area contributed by atoms with E-state index in [4.69, 9.17) is 9.47 Å². The topological polar surface area (TPSA) is 74.3 Å². The van der Waals surface area contributed by atoms with Crippen LogP contribution >= 0.6 is 0 Å². The molecule has 2 N–H and O–H groups in total. The Morgan fingerprint density at radius 3 is 2.27 bits per heavy atom. The molecule has 3 aliphatic rings. The van der Waals surface area contributed by atoms with Gasteiger partial charge in [-0.1, -0.05) is 44.2 Å². The van der Waals surface area contributed by atoms with E-state index in [1.54, 1.807) is 4.90 Å². The van der Waals surface area contributed by atoms with Crippen LogP contribution in [0.3, 0.4) is 0 Å². The van der Waals surface area contributed by atoms with Crippen LogP contribution in [-0.4, -0.2) is 67.6 Å². The van der Waals surface area contributed by atoms with Gasteiger partial charge in [-0.3, -0.25) is 0 Å². The average molecular weight is 542 g/mol. The van der Waals surface area contributed by atoms with Gasteiger partial charge in [-0.2, -0.15) is 0 Å². The van der Waals surface area contributed by atoms with Crippen LogP contribution in [0.2, 0.25) is 0 Å². The third kappa shape index (κ3) is 5.40. The van der Waals surface area contributed by atoms with Crippen molar-refractivity contribution in [3.05, 3.63) is 77.9 Å². The van der Waals surface area contributed by atoms with Crippen LogP contribution in [0.15, 0.2) is 66.7 Å². The highest BCUT2D eigenvalue weighted by Gasteiger charge is 2.42. The number of aliphatic hydroxyl groups is 1. The van der Waals surface area contributed by atoms with Gasteiger partial charge in [-0.25, -0.2) is 4.79 Å². The molecule has 2 fully saturated rings. The Kier molecular flexibility index (Phi) is 7.19. The van der Waals surface area contributed by atoms with Crippen molar-refractivity contribution < 1.29 is 19.4 Å². The van der Waals surface area contributed by atoms with E-state index in [9.17, 15) is 9.90 Å². The molecule has 0 atom stereocenters. The van der Waals surface area contributed by atoms with Crippen molar-refractivity contribution in [1.29, 1.82) is 0 Å². The SMILES string of the molecule is CC(C)(CO)c1ccc(N2CCC3(CC2)Cc2cc(-c4ccc(NC(=O)N5CCOCC5)cc4)ccc2O3)cc1. The molecule has 0 aromatic heterocycles. The predicted molar refractivity (Wildman–Crippen MR) is 158 cm³/mol. The summed E-state index contributed by atoms with van der Waals surface area (Å²) in [5.41, 5.74) is 6.37. The summed E-state index contributed by atoms with van der Waals surface area (Å²) in [6, 6.07) is 23.1. The van der Waals surface area contributed by atoms with Crippen LogP contribution < -0.4 is 15.0 Å². The number of morpholine rings is 1. The number of ether oxygens (including phenoxy) is 2. The largest absolute Gasteiger partial charge is 0.487 e. The summed E-state index contributed by atoms with van der Waals surface area (Å²) in [6.45, 7) is 8.61. The van der Waals surface area contributed by atoms with Crippen molar-refractivity contribution in [2.75, 3.05) is 56.2 Å². The van der Waals surface area contributed by atoms with Crippen molar-refractivity contribution in [3.8, 4) is 16.9 Å². The van der Waals surface area contributed by atoms with Gasteiger partial charge in [0.05, 0.1) is 19.8 Å². The fourth-order valence-corrected chi connectivity index (χ4v) is 5.99. The van der Waals surface area contributed by atoms with E-state index in [-0.39, 0.29) is 23.7 Å². The number of nitrogens with one attached hydrogen (secondary N) is 1. The normalized spacial score (nSPS) is 18.4. The third-order valence-corrected chi connectivity index (χ3v) is 8.75. The maximum absolute atomic E-state index is 12.5. The van der Waals surface area contributed by atoms with Crippen LogP contribution in [-0.2, 0) is 16.6 Å². The monoisotopic (exact) mass is 541 g/mol. The first kappa shape index (κ1) is 26.7. The lowest BCUT2D eigenvalue weighted by atomic mass is 9.85. The zero-order valence-corrected chi connectivity index (χ0v) is 23.5. The minimum atomic E-state index is -0.228. The molecule has 3 aromatic rings. The molecule has 6 rings (SSSR count). The van der Waals surface area contributed by atoms with Crippen molar-refractivity contribution in [2.45, 2.75) is 44.1 Å². The summed E-state index contributed by atoms with van der Waals surface area (Å²) in [4.78, 5) is 16.7. The number of benzene rings is 3. The Balaban J connectivity index is 1.07. The first-order valence-corrected chi connectivity index (χ1v) is 14.4. The highest BCUT2D eigenvalue weighted by atomic mass is 16.5. The lowest BCUT2D eigenvalue weighted by molar-refractivity contribution is 0.0564. The molecule has 0 aliphatic carbocycles. The van der Waals surface area contributed by atoms with Crippen molar-refractivity contribution >= 4 is 17.4 Å². The molecule has 2 amide bonds. The predicted octanol–water partition coefficient (Wildman–Crippen LogP) is 5.46. The van der Waals surface area contributed by atoms with Gasteiger partial charge in [0.2, 0.25) is 0 Å². The Hall–Kier alpha value is -3.55. The van der Waals surface area contributed by atoms with E-state index >= 15 is 0 Å². The number of carbonyl (C=O) groups is 1. The van der Waals surface area contributed by atoms with Crippen LogP contribution in [0, 0.1) is 0 Å². The Labute approximate surface area is 236 Å². The van der Waals surface area contributed by atoms with Gasteiger partial charge >= 0.3 is 6.03 Å². The summed E-state index contributed by atoms with van der Waals surface area (Å²) in [7, 11) is 0. The molecule has 0 radical (unpaired) electrons. The molecule has 3 aliphatic heterocycles. The number of fused-ring (bicyclic) bond motifs is 1. The van der Waals surface area contributed by atoms with E-state index in [2.05, 4.69) is 78.7 Å². The maximum atomic E-state index is 12.5. The molecule has 40 heavy (non-hydrogen) atoms. The Morgan fingerprint density at radius 2 is 1.60 bits per heavy atom. The number of nitrogens with zero attached hydrogens (tertiary/aromatic N) is 2. The third-order valence-electron chi connectivity index (χ3n) is 8.75. The standard InChI is InChI=1S/C33H39N3O4/c1-32(2,23-37)27-6-10-29(11-7-27)35-15-13-33(14-16-35)22-26-21-25(5-12-30(26)40-33)24-3-8-28(9-4-24)34-31(38)36-17-19-39-20-18-36/h3-12,21,37H,13-20,22-23H2,1-2H3,(H,34,38). The molecule has 3 aromatic carbocycles. The Morgan fingerprint density at radius 1 is 0.925 bits per heavy atom. The minimum absolute atomic E-state index is 0.0789. The van der Waals surface area contributed by atoms with E-state index in [1.807, 2.05) is 12.1 Å². The van der Waals surface area contributed by atoms with Gasteiger partial charge in [0.25, 0.3) is 0 Å². The summed E-state index contributed by atoms with van der Waals surface area (Å²) < 4.78 is 11.9. The van der Waals surface area contributed by atoms with Crippen molar-refractivity contribution in [2.24, 2.45) is 0 Å². The number of aliphatic hydroxyl groups excluding tert-OH is 1. The molecule has 0 bridgehead atoms. The number of anilines is 2.